The molecule has 110 valence electrons. The number of nitrogens with one attached hydrogen (secondary N) is 1. The average molecular weight is 373 g/mol. The Balaban J connectivity index is 1.68. The van der Waals surface area contributed by atoms with Gasteiger partial charge in [-0.3, -0.25) is 0 Å². The molecule has 1 fully saturated rings. The summed E-state index contributed by atoms with van der Waals surface area (Å²) in [4.78, 5) is 24.8. The number of carboxylic acid groups (broad SMARTS) is 1. The summed E-state index contributed by atoms with van der Waals surface area (Å²) in [5, 5.41) is 12.2. The molecule has 1 aliphatic rings. The van der Waals surface area contributed by atoms with Gasteiger partial charge in [0.2, 0.25) is 0 Å². The van der Waals surface area contributed by atoms with E-state index in [0.29, 0.717) is 36.6 Å². The van der Waals surface area contributed by atoms with Gasteiger partial charge >= 0.3 is 6.09 Å². The number of aromatic nitrogens is 3. The zero-order valence-corrected chi connectivity index (χ0v) is 13.1. The fraction of sp³-hybridized carbons (Fsp3) is 0.333. The van der Waals surface area contributed by atoms with Crippen LogP contribution < -0.4 is 5.32 Å². The molecular formula is C12H11BrClN5O2. The van der Waals surface area contributed by atoms with Crippen molar-refractivity contribution in [1.82, 2.24) is 19.9 Å². The Morgan fingerprint density at radius 1 is 1.52 bits per heavy atom. The number of halogens is 2. The second-order valence-electron chi connectivity index (χ2n) is 4.79. The molecule has 3 rings (SSSR count). The highest BCUT2D eigenvalue weighted by Crippen LogP contribution is 2.23. The Bertz CT molecular complexity index is 707. The lowest BCUT2D eigenvalue weighted by Crippen LogP contribution is -2.51. The van der Waals surface area contributed by atoms with Crippen molar-refractivity contribution in [3.8, 4) is 0 Å². The van der Waals surface area contributed by atoms with Crippen LogP contribution in [0.4, 0.5) is 10.6 Å². The number of pyridine rings is 1. The van der Waals surface area contributed by atoms with E-state index in [1.54, 1.807) is 12.3 Å². The number of carbonyl (C=O) groups is 1. The van der Waals surface area contributed by atoms with E-state index in [-0.39, 0.29) is 11.1 Å². The van der Waals surface area contributed by atoms with Gasteiger partial charge in [0.25, 0.3) is 0 Å². The summed E-state index contributed by atoms with van der Waals surface area (Å²) in [6.45, 7) is 1.64. The van der Waals surface area contributed by atoms with Crippen molar-refractivity contribution in [3.63, 3.8) is 0 Å². The van der Waals surface area contributed by atoms with Crippen molar-refractivity contribution in [2.24, 2.45) is 5.92 Å². The Labute approximate surface area is 133 Å². The molecule has 7 nitrogen and oxygen atoms in total. The molecule has 2 N–H and O–H groups in total. The third kappa shape index (κ3) is 3.01. The van der Waals surface area contributed by atoms with E-state index in [4.69, 9.17) is 16.7 Å². The number of nitrogens with zero attached hydrogens (tertiary/aromatic N) is 4. The molecule has 0 radical (unpaired) electrons. The maximum atomic E-state index is 10.7. The quantitative estimate of drug-likeness (QED) is 0.860. The first kappa shape index (κ1) is 14.3. The highest BCUT2D eigenvalue weighted by atomic mass is 79.9. The average Bonchev–Trinajstić information content (AvgIpc) is 2.37. The first-order valence-corrected chi connectivity index (χ1v) is 7.40. The minimum atomic E-state index is -0.885. The molecule has 21 heavy (non-hydrogen) atoms. The van der Waals surface area contributed by atoms with Gasteiger partial charge in [-0.15, -0.1) is 0 Å². The minimum absolute atomic E-state index is 0.257. The summed E-state index contributed by atoms with van der Waals surface area (Å²) in [5.74, 6) is 0.723. The predicted octanol–water partition coefficient (Wildman–Crippen LogP) is 2.46. The maximum Gasteiger partial charge on any atom is 0.407 e. The number of likely N-dealkylation sites (tertiary alicyclic amines) is 1. The molecule has 0 aromatic carbocycles. The number of fused-ring (bicyclic) bond motifs is 1. The van der Waals surface area contributed by atoms with Crippen LogP contribution in [0.1, 0.15) is 0 Å². The SMILES string of the molecule is O=C(O)N1CC(CNc2nc3ncc(Br)cc3nc2Cl)C1. The molecule has 0 atom stereocenters. The Morgan fingerprint density at radius 3 is 3.00 bits per heavy atom. The van der Waals surface area contributed by atoms with Crippen LogP contribution in [0, 0.1) is 5.92 Å². The largest absolute Gasteiger partial charge is 0.465 e. The molecule has 0 bridgehead atoms. The van der Waals surface area contributed by atoms with Crippen LogP contribution in [0.3, 0.4) is 0 Å². The second-order valence-corrected chi connectivity index (χ2v) is 6.07. The number of hydrogen-bond acceptors (Lipinski definition) is 5. The van der Waals surface area contributed by atoms with Crippen molar-refractivity contribution in [2.45, 2.75) is 0 Å². The lowest BCUT2D eigenvalue weighted by Gasteiger charge is -2.37. The van der Waals surface area contributed by atoms with E-state index in [9.17, 15) is 4.79 Å². The molecule has 0 unspecified atom stereocenters. The van der Waals surface area contributed by atoms with Crippen LogP contribution >= 0.6 is 27.5 Å². The van der Waals surface area contributed by atoms with Crippen molar-refractivity contribution in [2.75, 3.05) is 25.0 Å². The maximum absolute atomic E-state index is 10.7. The Kier molecular flexibility index (Phi) is 3.81. The van der Waals surface area contributed by atoms with Gasteiger partial charge in [0.15, 0.2) is 16.6 Å². The molecule has 2 aromatic rings. The molecule has 0 spiro atoms. The normalized spacial score (nSPS) is 15.0. The standard InChI is InChI=1S/C12H11BrClN5O2/c13-7-1-8-10(16-3-7)18-11(9(14)17-8)15-2-6-4-19(5-6)12(20)21/h1,3,6H,2,4-5H2,(H,20,21)(H,15,16,18). The first-order valence-electron chi connectivity index (χ1n) is 6.23. The summed E-state index contributed by atoms with van der Waals surface area (Å²) in [6.07, 6.45) is 0.760. The van der Waals surface area contributed by atoms with Gasteiger partial charge in [-0.25, -0.2) is 19.7 Å². The van der Waals surface area contributed by atoms with Gasteiger partial charge in [0, 0.05) is 36.2 Å². The smallest absolute Gasteiger partial charge is 0.407 e. The summed E-state index contributed by atoms with van der Waals surface area (Å²) < 4.78 is 0.810. The van der Waals surface area contributed by atoms with Crippen LogP contribution in [0.5, 0.6) is 0 Å². The van der Waals surface area contributed by atoms with E-state index < -0.39 is 6.09 Å². The Morgan fingerprint density at radius 2 is 2.29 bits per heavy atom. The number of hydrogen-bond donors (Lipinski definition) is 2. The zero-order chi connectivity index (χ0) is 15.0. The lowest BCUT2D eigenvalue weighted by atomic mass is 10.0. The molecule has 0 aliphatic carbocycles. The van der Waals surface area contributed by atoms with Crippen molar-refractivity contribution >= 4 is 50.6 Å². The third-order valence-electron chi connectivity index (χ3n) is 3.23. The van der Waals surface area contributed by atoms with E-state index >= 15 is 0 Å². The molecule has 1 saturated heterocycles. The molecule has 1 aliphatic heterocycles. The van der Waals surface area contributed by atoms with Gasteiger partial charge in [-0.2, -0.15) is 0 Å². The summed E-state index contributed by atoms with van der Waals surface area (Å²) in [5.41, 5.74) is 1.12. The molecule has 3 heterocycles. The number of rotatable bonds is 3. The zero-order valence-electron chi connectivity index (χ0n) is 10.8. The predicted molar refractivity (Wildman–Crippen MR) is 81.6 cm³/mol. The van der Waals surface area contributed by atoms with Crippen molar-refractivity contribution < 1.29 is 9.90 Å². The van der Waals surface area contributed by atoms with Gasteiger partial charge in [-0.05, 0) is 22.0 Å². The topological polar surface area (TPSA) is 91.2 Å². The van der Waals surface area contributed by atoms with E-state index in [1.807, 2.05) is 0 Å². The third-order valence-corrected chi connectivity index (χ3v) is 3.93. The molecule has 9 heteroatoms. The van der Waals surface area contributed by atoms with E-state index in [2.05, 4.69) is 36.2 Å². The summed E-state index contributed by atoms with van der Waals surface area (Å²) in [7, 11) is 0. The van der Waals surface area contributed by atoms with Crippen molar-refractivity contribution in [3.05, 3.63) is 21.9 Å². The van der Waals surface area contributed by atoms with E-state index in [1.165, 1.54) is 4.90 Å². The van der Waals surface area contributed by atoms with Gasteiger partial charge in [0.05, 0.1) is 0 Å². The highest BCUT2D eigenvalue weighted by molar-refractivity contribution is 9.10. The molecule has 1 amide bonds. The van der Waals surface area contributed by atoms with Gasteiger partial charge < -0.3 is 15.3 Å². The van der Waals surface area contributed by atoms with Crippen LogP contribution in [-0.4, -0.2) is 50.7 Å². The minimum Gasteiger partial charge on any atom is -0.465 e. The Hall–Kier alpha value is -1.67. The van der Waals surface area contributed by atoms with Crippen LogP contribution in [-0.2, 0) is 0 Å². The fourth-order valence-electron chi connectivity index (χ4n) is 2.11. The summed E-state index contributed by atoms with van der Waals surface area (Å²) >= 11 is 9.41. The van der Waals surface area contributed by atoms with Crippen LogP contribution in [0.2, 0.25) is 5.15 Å². The highest BCUT2D eigenvalue weighted by Gasteiger charge is 2.30. The first-order chi connectivity index (χ1) is 10.0. The second kappa shape index (κ2) is 5.61. The van der Waals surface area contributed by atoms with E-state index in [0.717, 1.165) is 4.47 Å². The molecular weight excluding hydrogens is 362 g/mol. The van der Waals surface area contributed by atoms with Gasteiger partial charge in [-0.1, -0.05) is 11.6 Å². The van der Waals surface area contributed by atoms with Crippen LogP contribution in [0.15, 0.2) is 16.7 Å². The molecule has 2 aromatic heterocycles. The van der Waals surface area contributed by atoms with Gasteiger partial charge in [0.1, 0.15) is 5.52 Å². The number of anilines is 1. The summed E-state index contributed by atoms with van der Waals surface area (Å²) in [6, 6.07) is 1.79. The monoisotopic (exact) mass is 371 g/mol. The lowest BCUT2D eigenvalue weighted by molar-refractivity contribution is 0.0864. The van der Waals surface area contributed by atoms with Crippen LogP contribution in [0.25, 0.3) is 11.2 Å². The van der Waals surface area contributed by atoms with Crippen molar-refractivity contribution in [1.29, 1.82) is 0 Å². The fourth-order valence-corrected chi connectivity index (χ4v) is 2.63. The molecule has 0 saturated carbocycles. The number of amides is 1.